The fourth-order valence-corrected chi connectivity index (χ4v) is 2.91. The average molecular weight is 359 g/mol. The first-order valence-corrected chi connectivity index (χ1v) is 8.37. The Bertz CT molecular complexity index is 822. The third-order valence-corrected chi connectivity index (χ3v) is 4.40. The number of hydrogen-bond acceptors (Lipinski definition) is 3. The molecule has 25 heavy (non-hydrogen) atoms. The van der Waals surface area contributed by atoms with E-state index in [1.165, 1.54) is 0 Å². The Morgan fingerprint density at radius 2 is 1.80 bits per heavy atom. The molecule has 0 aliphatic heterocycles. The van der Waals surface area contributed by atoms with Crippen LogP contribution in [0.15, 0.2) is 42.5 Å². The zero-order valence-corrected chi connectivity index (χ0v) is 14.8. The summed E-state index contributed by atoms with van der Waals surface area (Å²) < 4.78 is 5.26. The molecule has 0 bridgehead atoms. The number of carbonyl (C=O) groups is 2. The monoisotopic (exact) mass is 358 g/mol. The normalized spacial score (nSPS) is 18.4. The van der Waals surface area contributed by atoms with Crippen molar-refractivity contribution in [3.8, 4) is 5.75 Å². The Morgan fingerprint density at radius 3 is 2.48 bits per heavy atom. The van der Waals surface area contributed by atoms with E-state index in [1.54, 1.807) is 37.4 Å². The van der Waals surface area contributed by atoms with Crippen LogP contribution in [0.4, 0.5) is 11.4 Å². The predicted octanol–water partition coefficient (Wildman–Crippen LogP) is 3.87. The quantitative estimate of drug-likeness (QED) is 0.852. The molecule has 0 aromatic heterocycles. The van der Waals surface area contributed by atoms with E-state index in [-0.39, 0.29) is 23.7 Å². The van der Waals surface area contributed by atoms with Crippen LogP contribution in [0.5, 0.6) is 5.75 Å². The number of aryl methyl sites for hydroxylation is 1. The summed E-state index contributed by atoms with van der Waals surface area (Å²) in [6.45, 7) is 1.94. The molecule has 2 N–H and O–H groups in total. The second-order valence-corrected chi connectivity index (χ2v) is 6.58. The van der Waals surface area contributed by atoms with E-state index in [9.17, 15) is 9.59 Å². The van der Waals surface area contributed by atoms with Crippen LogP contribution in [-0.2, 0) is 9.59 Å². The minimum atomic E-state index is -0.329. The molecule has 6 heteroatoms. The number of nitrogens with one attached hydrogen (secondary N) is 2. The van der Waals surface area contributed by atoms with Gasteiger partial charge in [0.2, 0.25) is 11.8 Å². The number of carbonyl (C=O) groups excluding carboxylic acids is 2. The van der Waals surface area contributed by atoms with Gasteiger partial charge in [-0.3, -0.25) is 9.59 Å². The lowest BCUT2D eigenvalue weighted by atomic mass is 10.2. The van der Waals surface area contributed by atoms with Crippen LogP contribution in [0.25, 0.3) is 0 Å². The summed E-state index contributed by atoms with van der Waals surface area (Å²) >= 11 is 5.91. The summed E-state index contributed by atoms with van der Waals surface area (Å²) in [6.07, 6.45) is 0.534. The molecule has 1 aliphatic rings. The molecular formula is C19H19ClN2O3. The van der Waals surface area contributed by atoms with Crippen molar-refractivity contribution in [3.05, 3.63) is 53.1 Å². The van der Waals surface area contributed by atoms with Crippen LogP contribution >= 0.6 is 11.6 Å². The molecule has 5 nitrogen and oxygen atoms in total. The average Bonchev–Trinajstić information content (AvgIpc) is 3.36. The van der Waals surface area contributed by atoms with E-state index < -0.39 is 0 Å². The van der Waals surface area contributed by atoms with Crippen LogP contribution in [0.2, 0.25) is 5.02 Å². The van der Waals surface area contributed by atoms with Crippen LogP contribution < -0.4 is 15.4 Å². The lowest BCUT2D eigenvalue weighted by molar-refractivity contribution is -0.122. The number of ether oxygens (including phenoxy) is 1. The van der Waals surface area contributed by atoms with Gasteiger partial charge in [-0.25, -0.2) is 0 Å². The Hall–Kier alpha value is -2.53. The maximum absolute atomic E-state index is 12.4. The Kier molecular flexibility index (Phi) is 4.95. The van der Waals surface area contributed by atoms with Crippen LogP contribution in [0.1, 0.15) is 12.0 Å². The van der Waals surface area contributed by atoms with E-state index >= 15 is 0 Å². The Labute approximate surface area is 151 Å². The largest absolute Gasteiger partial charge is 0.495 e. The van der Waals surface area contributed by atoms with Gasteiger partial charge in [0.1, 0.15) is 5.75 Å². The molecule has 2 amide bonds. The van der Waals surface area contributed by atoms with Crippen molar-refractivity contribution in [2.45, 2.75) is 13.3 Å². The van der Waals surface area contributed by atoms with E-state index in [4.69, 9.17) is 16.3 Å². The van der Waals surface area contributed by atoms with Gasteiger partial charge < -0.3 is 15.4 Å². The van der Waals surface area contributed by atoms with Gasteiger partial charge in [0, 0.05) is 10.7 Å². The number of rotatable bonds is 5. The first-order chi connectivity index (χ1) is 12.0. The highest BCUT2D eigenvalue weighted by molar-refractivity contribution is 6.30. The molecule has 0 heterocycles. The van der Waals surface area contributed by atoms with Gasteiger partial charge in [-0.15, -0.1) is 0 Å². The molecular weight excluding hydrogens is 340 g/mol. The second kappa shape index (κ2) is 7.15. The molecule has 130 valence electrons. The van der Waals surface area contributed by atoms with Crippen LogP contribution in [-0.4, -0.2) is 18.9 Å². The number of anilines is 2. The van der Waals surface area contributed by atoms with Crippen molar-refractivity contribution in [1.82, 2.24) is 0 Å². The van der Waals surface area contributed by atoms with Gasteiger partial charge >= 0.3 is 0 Å². The molecule has 0 spiro atoms. The molecule has 1 fully saturated rings. The van der Waals surface area contributed by atoms with Crippen molar-refractivity contribution in [2.24, 2.45) is 11.8 Å². The highest BCUT2D eigenvalue weighted by Crippen LogP contribution is 2.41. The molecule has 0 saturated heterocycles. The zero-order valence-electron chi connectivity index (χ0n) is 14.0. The summed E-state index contributed by atoms with van der Waals surface area (Å²) in [5.74, 6) is -0.396. The fraction of sp³-hybridized carbons (Fsp3) is 0.263. The molecule has 3 rings (SSSR count). The molecule has 2 aromatic carbocycles. The van der Waals surface area contributed by atoms with E-state index in [2.05, 4.69) is 10.6 Å². The fourth-order valence-electron chi connectivity index (χ4n) is 2.72. The second-order valence-electron chi connectivity index (χ2n) is 6.14. The van der Waals surface area contributed by atoms with E-state index in [0.717, 1.165) is 5.56 Å². The highest BCUT2D eigenvalue weighted by atomic mass is 35.5. The molecule has 2 aromatic rings. The lowest BCUT2D eigenvalue weighted by Crippen LogP contribution is -2.20. The van der Waals surface area contributed by atoms with Gasteiger partial charge in [-0.1, -0.05) is 23.7 Å². The van der Waals surface area contributed by atoms with Crippen molar-refractivity contribution in [2.75, 3.05) is 17.7 Å². The summed E-state index contributed by atoms with van der Waals surface area (Å²) in [5, 5.41) is 6.20. The van der Waals surface area contributed by atoms with Crippen molar-refractivity contribution in [1.29, 1.82) is 0 Å². The summed E-state index contributed by atoms with van der Waals surface area (Å²) in [5.41, 5.74) is 2.26. The maximum atomic E-state index is 12.4. The minimum absolute atomic E-state index is 0.168. The number of methoxy groups -OCH3 is 1. The topological polar surface area (TPSA) is 67.4 Å². The third kappa shape index (κ3) is 4.12. The highest BCUT2D eigenvalue weighted by Gasteiger charge is 2.48. The number of amides is 2. The first kappa shape index (κ1) is 17.3. The Balaban J connectivity index is 1.60. The SMILES string of the molecule is COc1ccc(C)cc1NC(=O)C1CC1C(=O)Nc1cccc(Cl)c1. The molecule has 0 radical (unpaired) electrons. The van der Waals surface area contributed by atoms with Gasteiger partial charge in [0.15, 0.2) is 0 Å². The number of hydrogen-bond donors (Lipinski definition) is 2. The van der Waals surface area contributed by atoms with Gasteiger partial charge in [-0.2, -0.15) is 0 Å². The first-order valence-electron chi connectivity index (χ1n) is 8.00. The molecule has 1 saturated carbocycles. The molecule has 2 atom stereocenters. The standard InChI is InChI=1S/C19H19ClN2O3/c1-11-6-7-17(25-2)16(8-11)22-19(24)15-10-14(15)18(23)21-13-5-3-4-12(20)9-13/h3-9,14-15H,10H2,1-2H3,(H,21,23)(H,22,24). The Morgan fingerprint density at radius 1 is 1.08 bits per heavy atom. The minimum Gasteiger partial charge on any atom is -0.495 e. The molecule has 2 unspecified atom stereocenters. The number of benzene rings is 2. The van der Waals surface area contributed by atoms with Gasteiger partial charge in [0.05, 0.1) is 24.6 Å². The predicted molar refractivity (Wildman–Crippen MR) is 98.0 cm³/mol. The van der Waals surface area contributed by atoms with E-state index in [1.807, 2.05) is 19.1 Å². The third-order valence-electron chi connectivity index (χ3n) is 4.17. The zero-order chi connectivity index (χ0) is 18.0. The summed E-state index contributed by atoms with van der Waals surface area (Å²) in [6, 6.07) is 12.5. The van der Waals surface area contributed by atoms with E-state index in [0.29, 0.717) is 28.6 Å². The van der Waals surface area contributed by atoms with Crippen LogP contribution in [0.3, 0.4) is 0 Å². The smallest absolute Gasteiger partial charge is 0.228 e. The summed E-state index contributed by atoms with van der Waals surface area (Å²) in [7, 11) is 1.55. The van der Waals surface area contributed by atoms with Gasteiger partial charge in [0.25, 0.3) is 0 Å². The van der Waals surface area contributed by atoms with Crippen molar-refractivity contribution < 1.29 is 14.3 Å². The van der Waals surface area contributed by atoms with Crippen molar-refractivity contribution >= 4 is 34.8 Å². The summed E-state index contributed by atoms with van der Waals surface area (Å²) in [4.78, 5) is 24.7. The maximum Gasteiger partial charge on any atom is 0.228 e. The van der Waals surface area contributed by atoms with Crippen molar-refractivity contribution in [3.63, 3.8) is 0 Å². The van der Waals surface area contributed by atoms with Crippen LogP contribution in [0, 0.1) is 18.8 Å². The molecule has 1 aliphatic carbocycles. The van der Waals surface area contributed by atoms with Gasteiger partial charge in [-0.05, 0) is 49.2 Å². The lowest BCUT2D eigenvalue weighted by Gasteiger charge is -2.11. The number of halogens is 1.